The third-order valence-electron chi connectivity index (χ3n) is 3.56. The molecule has 0 saturated carbocycles. The second kappa shape index (κ2) is 8.34. The number of carbonyl (C=O) groups excluding carboxylic acids is 2. The Bertz CT molecular complexity index is 883. The van der Waals surface area contributed by atoms with Gasteiger partial charge in [0.1, 0.15) is 0 Å². The van der Waals surface area contributed by atoms with Crippen molar-refractivity contribution in [3.63, 3.8) is 0 Å². The first-order chi connectivity index (χ1) is 12.6. The summed E-state index contributed by atoms with van der Waals surface area (Å²) in [6, 6.07) is 10.5. The van der Waals surface area contributed by atoms with Crippen LogP contribution in [0.3, 0.4) is 0 Å². The Morgan fingerprint density at radius 3 is 2.30 bits per heavy atom. The van der Waals surface area contributed by atoms with E-state index in [2.05, 4.69) is 5.32 Å². The van der Waals surface area contributed by atoms with Gasteiger partial charge < -0.3 is 10.1 Å². The number of halogens is 3. The van der Waals surface area contributed by atoms with Crippen molar-refractivity contribution in [2.45, 2.75) is 24.1 Å². The van der Waals surface area contributed by atoms with Crippen LogP contribution in [0.1, 0.15) is 22.8 Å². The fraction of sp³-hybridized carbons (Fsp3) is 0.222. The lowest BCUT2D eigenvalue weighted by Gasteiger charge is -2.17. The predicted molar refractivity (Wildman–Crippen MR) is 93.7 cm³/mol. The Morgan fingerprint density at radius 2 is 1.67 bits per heavy atom. The number of benzene rings is 2. The standard InChI is InChI=1S/C18H16F3NO4S/c1-11(26-17(24)12-7-3-6-10-15(12)27(2)25)16(23)22-14-9-5-4-8-13(14)18(19,20)21/h3-11H,1-2H3,(H,22,23)/t11-,27-/m1/s1. The summed E-state index contributed by atoms with van der Waals surface area (Å²) in [7, 11) is -1.46. The number of carbonyl (C=O) groups is 2. The van der Waals surface area contributed by atoms with Gasteiger partial charge in [-0.3, -0.25) is 9.00 Å². The Hall–Kier alpha value is -2.68. The van der Waals surface area contributed by atoms with Gasteiger partial charge in [-0.1, -0.05) is 24.3 Å². The minimum atomic E-state index is -4.64. The van der Waals surface area contributed by atoms with E-state index >= 15 is 0 Å². The van der Waals surface area contributed by atoms with Crippen LogP contribution in [-0.4, -0.2) is 28.4 Å². The van der Waals surface area contributed by atoms with Crippen molar-refractivity contribution in [2.75, 3.05) is 11.6 Å². The van der Waals surface area contributed by atoms with Gasteiger partial charge in [-0.2, -0.15) is 13.2 Å². The molecular formula is C18H16F3NO4S. The highest BCUT2D eigenvalue weighted by molar-refractivity contribution is 7.84. The third-order valence-corrected chi connectivity index (χ3v) is 4.54. The topological polar surface area (TPSA) is 72.5 Å². The molecule has 5 nitrogen and oxygen atoms in total. The molecule has 2 aromatic carbocycles. The molecule has 0 aromatic heterocycles. The molecule has 0 unspecified atom stereocenters. The third kappa shape index (κ3) is 5.16. The number of ether oxygens (including phenoxy) is 1. The summed E-state index contributed by atoms with van der Waals surface area (Å²) in [5.74, 6) is -1.82. The second-order valence-electron chi connectivity index (χ2n) is 5.53. The van der Waals surface area contributed by atoms with Crippen molar-refractivity contribution in [3.8, 4) is 0 Å². The van der Waals surface area contributed by atoms with E-state index in [0.29, 0.717) is 0 Å². The van der Waals surface area contributed by atoms with Gasteiger partial charge in [0.2, 0.25) is 0 Å². The zero-order chi connectivity index (χ0) is 20.2. The average Bonchev–Trinajstić information content (AvgIpc) is 2.61. The van der Waals surface area contributed by atoms with Crippen LogP contribution in [0.25, 0.3) is 0 Å². The second-order valence-corrected chi connectivity index (χ2v) is 6.88. The quantitative estimate of drug-likeness (QED) is 0.780. The predicted octanol–water partition coefficient (Wildman–Crippen LogP) is 3.63. The van der Waals surface area contributed by atoms with E-state index in [1.807, 2.05) is 0 Å². The molecule has 0 bridgehead atoms. The van der Waals surface area contributed by atoms with E-state index < -0.39 is 46.2 Å². The van der Waals surface area contributed by atoms with Crippen LogP contribution in [0.2, 0.25) is 0 Å². The van der Waals surface area contributed by atoms with Gasteiger partial charge in [-0.25, -0.2) is 4.79 Å². The molecule has 0 spiro atoms. The summed E-state index contributed by atoms with van der Waals surface area (Å²) in [4.78, 5) is 24.6. The molecule has 0 radical (unpaired) electrons. The number of anilines is 1. The summed E-state index contributed by atoms with van der Waals surface area (Å²) in [6.07, 6.45) is -4.62. The molecule has 0 heterocycles. The molecule has 2 rings (SSSR count). The van der Waals surface area contributed by atoms with Crippen molar-refractivity contribution in [1.29, 1.82) is 0 Å². The van der Waals surface area contributed by atoms with Gasteiger partial charge in [0.25, 0.3) is 5.91 Å². The van der Waals surface area contributed by atoms with E-state index in [4.69, 9.17) is 4.74 Å². The number of amides is 1. The first-order valence-corrected chi connectivity index (χ1v) is 9.27. The lowest BCUT2D eigenvalue weighted by atomic mass is 10.1. The number of rotatable bonds is 5. The van der Waals surface area contributed by atoms with E-state index in [9.17, 15) is 27.0 Å². The molecule has 1 N–H and O–H groups in total. The molecule has 0 saturated heterocycles. The summed E-state index contributed by atoms with van der Waals surface area (Å²) in [5.41, 5.74) is -1.43. The molecule has 27 heavy (non-hydrogen) atoms. The maximum atomic E-state index is 13.0. The van der Waals surface area contributed by atoms with Crippen molar-refractivity contribution in [2.24, 2.45) is 0 Å². The Morgan fingerprint density at radius 1 is 1.07 bits per heavy atom. The molecule has 0 fully saturated rings. The molecule has 1 amide bonds. The largest absolute Gasteiger partial charge is 0.449 e. The van der Waals surface area contributed by atoms with Crippen molar-refractivity contribution in [3.05, 3.63) is 59.7 Å². The van der Waals surface area contributed by atoms with E-state index in [-0.39, 0.29) is 10.5 Å². The summed E-state index contributed by atoms with van der Waals surface area (Å²) >= 11 is 0. The van der Waals surface area contributed by atoms with Gasteiger partial charge >= 0.3 is 12.1 Å². The molecule has 2 aromatic rings. The van der Waals surface area contributed by atoms with Crippen LogP contribution in [0.5, 0.6) is 0 Å². The molecule has 2 atom stereocenters. The number of alkyl halides is 3. The molecular weight excluding hydrogens is 383 g/mol. The number of hydrogen-bond donors (Lipinski definition) is 1. The Kier molecular flexibility index (Phi) is 6.37. The van der Waals surface area contributed by atoms with Crippen molar-refractivity contribution < 1.29 is 31.7 Å². The zero-order valence-electron chi connectivity index (χ0n) is 14.4. The monoisotopic (exact) mass is 399 g/mol. The van der Waals surface area contributed by atoms with Gasteiger partial charge in [-0.05, 0) is 31.2 Å². The highest BCUT2D eigenvalue weighted by atomic mass is 32.2. The highest BCUT2D eigenvalue weighted by Gasteiger charge is 2.34. The van der Waals surface area contributed by atoms with Crippen LogP contribution in [-0.2, 0) is 26.5 Å². The number of hydrogen-bond acceptors (Lipinski definition) is 4. The van der Waals surface area contributed by atoms with Crippen LogP contribution >= 0.6 is 0 Å². The average molecular weight is 399 g/mol. The van der Waals surface area contributed by atoms with Crippen molar-refractivity contribution in [1.82, 2.24) is 0 Å². The van der Waals surface area contributed by atoms with Gasteiger partial charge in [0, 0.05) is 6.26 Å². The van der Waals surface area contributed by atoms with Crippen LogP contribution in [0, 0.1) is 0 Å². The highest BCUT2D eigenvalue weighted by Crippen LogP contribution is 2.34. The fourth-order valence-electron chi connectivity index (χ4n) is 2.24. The molecule has 9 heteroatoms. The van der Waals surface area contributed by atoms with Gasteiger partial charge in [0.05, 0.1) is 32.5 Å². The zero-order valence-corrected chi connectivity index (χ0v) is 15.2. The number of esters is 1. The summed E-state index contributed by atoms with van der Waals surface area (Å²) in [6.45, 7) is 1.23. The minimum absolute atomic E-state index is 0.0219. The van der Waals surface area contributed by atoms with Crippen LogP contribution < -0.4 is 5.32 Å². The maximum Gasteiger partial charge on any atom is 0.418 e. The molecule has 0 aliphatic carbocycles. The normalized spacial score (nSPS) is 13.5. The number of para-hydroxylation sites is 1. The maximum absolute atomic E-state index is 13.0. The molecule has 0 aliphatic rings. The first-order valence-electron chi connectivity index (χ1n) is 7.71. The first kappa shape index (κ1) is 20.6. The summed E-state index contributed by atoms with van der Waals surface area (Å²) < 4.78 is 55.7. The SMILES string of the molecule is C[C@@H](OC(=O)c1ccccc1[S@@](C)=O)C(=O)Nc1ccccc1C(F)(F)F. The van der Waals surface area contributed by atoms with E-state index in [1.165, 1.54) is 43.5 Å². The van der Waals surface area contributed by atoms with Gasteiger partial charge in [-0.15, -0.1) is 0 Å². The minimum Gasteiger partial charge on any atom is -0.449 e. The van der Waals surface area contributed by atoms with E-state index in [1.54, 1.807) is 6.07 Å². The smallest absolute Gasteiger partial charge is 0.418 e. The lowest BCUT2D eigenvalue weighted by Crippen LogP contribution is -2.31. The number of nitrogens with one attached hydrogen (secondary N) is 1. The van der Waals surface area contributed by atoms with Crippen LogP contribution in [0.4, 0.5) is 18.9 Å². The van der Waals surface area contributed by atoms with E-state index in [0.717, 1.165) is 12.1 Å². The van der Waals surface area contributed by atoms with Gasteiger partial charge in [0.15, 0.2) is 6.10 Å². The van der Waals surface area contributed by atoms with Crippen LogP contribution in [0.15, 0.2) is 53.4 Å². The Labute approximate surface area is 156 Å². The summed E-state index contributed by atoms with van der Waals surface area (Å²) in [5, 5.41) is 2.11. The molecule has 0 aliphatic heterocycles. The Balaban J connectivity index is 2.14. The lowest BCUT2D eigenvalue weighted by molar-refractivity contribution is -0.137. The van der Waals surface area contributed by atoms with Crippen molar-refractivity contribution >= 4 is 28.4 Å². The fourth-order valence-corrected chi connectivity index (χ4v) is 2.97. The molecule has 144 valence electrons.